The predicted molar refractivity (Wildman–Crippen MR) is 131 cm³/mol. The summed E-state index contributed by atoms with van der Waals surface area (Å²) in [6.07, 6.45) is 0. The lowest BCUT2D eigenvalue weighted by Gasteiger charge is -2.23. The van der Waals surface area contributed by atoms with Crippen LogP contribution in [0.1, 0.15) is 45.7 Å². The zero-order valence-corrected chi connectivity index (χ0v) is 19.3. The van der Waals surface area contributed by atoms with Gasteiger partial charge in [-0.15, -0.1) is 0 Å². The Morgan fingerprint density at radius 3 is 1.94 bits per heavy atom. The summed E-state index contributed by atoms with van der Waals surface area (Å²) < 4.78 is 0. The van der Waals surface area contributed by atoms with E-state index < -0.39 is 11.9 Å². The van der Waals surface area contributed by atoms with Crippen molar-refractivity contribution in [3.05, 3.63) is 95.1 Å². The van der Waals surface area contributed by atoms with Gasteiger partial charge < -0.3 is 16.0 Å². The number of para-hydroxylation sites is 2. The molecule has 0 fully saturated rings. The van der Waals surface area contributed by atoms with Crippen molar-refractivity contribution in [2.24, 2.45) is 5.92 Å². The molecule has 3 aromatic rings. The van der Waals surface area contributed by atoms with Gasteiger partial charge in [0.05, 0.1) is 11.3 Å². The molecule has 6 nitrogen and oxygen atoms in total. The second-order valence-corrected chi connectivity index (χ2v) is 8.37. The van der Waals surface area contributed by atoms with Gasteiger partial charge in [0.15, 0.2) is 0 Å². The smallest absolute Gasteiger partial charge is 0.255 e. The molecule has 0 bridgehead atoms. The molecule has 0 aliphatic carbocycles. The van der Waals surface area contributed by atoms with Gasteiger partial charge in [-0.1, -0.05) is 61.9 Å². The van der Waals surface area contributed by atoms with Crippen LogP contribution in [0.4, 0.5) is 11.4 Å². The first-order valence-corrected chi connectivity index (χ1v) is 10.9. The van der Waals surface area contributed by atoms with Crippen molar-refractivity contribution >= 4 is 29.1 Å². The van der Waals surface area contributed by atoms with Crippen LogP contribution >= 0.6 is 0 Å². The van der Waals surface area contributed by atoms with E-state index in [1.807, 2.05) is 64.1 Å². The summed E-state index contributed by atoms with van der Waals surface area (Å²) in [6.45, 7) is 7.59. The Morgan fingerprint density at radius 2 is 1.30 bits per heavy atom. The van der Waals surface area contributed by atoms with Gasteiger partial charge in [0.1, 0.15) is 6.04 Å². The lowest BCUT2D eigenvalue weighted by atomic mass is 10.0. The van der Waals surface area contributed by atoms with Gasteiger partial charge in [0.2, 0.25) is 5.91 Å². The molecule has 0 aromatic heterocycles. The Bertz CT molecular complexity index is 1150. The van der Waals surface area contributed by atoms with Crippen molar-refractivity contribution in [3.63, 3.8) is 0 Å². The molecule has 0 spiro atoms. The standard InChI is InChI=1S/C27H29N3O3/c1-17(2)24(27(33)28-22-11-7-5-9-19(22)4)30-26(32)21-10-6-8-12-23(21)29-25(31)20-15-13-18(3)14-16-20/h5-17,24H,1-4H3,(H,28,33)(H,29,31)(H,30,32)/t24-/m1/s1. The average molecular weight is 444 g/mol. The van der Waals surface area contributed by atoms with E-state index in [2.05, 4.69) is 16.0 Å². The van der Waals surface area contributed by atoms with Crippen molar-refractivity contribution in [2.75, 3.05) is 10.6 Å². The van der Waals surface area contributed by atoms with E-state index in [0.29, 0.717) is 16.9 Å². The van der Waals surface area contributed by atoms with E-state index in [9.17, 15) is 14.4 Å². The second kappa shape index (κ2) is 10.6. The summed E-state index contributed by atoms with van der Waals surface area (Å²) in [5.74, 6) is -1.19. The van der Waals surface area contributed by atoms with E-state index in [1.165, 1.54) is 0 Å². The van der Waals surface area contributed by atoms with Gasteiger partial charge in [-0.2, -0.15) is 0 Å². The van der Waals surface area contributed by atoms with Crippen LogP contribution in [0.5, 0.6) is 0 Å². The highest BCUT2D eigenvalue weighted by Gasteiger charge is 2.26. The van der Waals surface area contributed by atoms with Crippen LogP contribution in [-0.4, -0.2) is 23.8 Å². The van der Waals surface area contributed by atoms with E-state index in [-0.39, 0.29) is 23.3 Å². The molecule has 1 atom stereocenters. The van der Waals surface area contributed by atoms with Crippen LogP contribution in [0, 0.1) is 19.8 Å². The van der Waals surface area contributed by atoms with Crippen molar-refractivity contribution in [2.45, 2.75) is 33.7 Å². The Labute approximate surface area is 194 Å². The molecule has 0 radical (unpaired) electrons. The Morgan fingerprint density at radius 1 is 0.697 bits per heavy atom. The van der Waals surface area contributed by atoms with Crippen LogP contribution in [0.2, 0.25) is 0 Å². The minimum absolute atomic E-state index is 0.146. The first kappa shape index (κ1) is 23.7. The first-order valence-electron chi connectivity index (χ1n) is 10.9. The highest BCUT2D eigenvalue weighted by atomic mass is 16.2. The number of aryl methyl sites for hydroxylation is 2. The third-order valence-electron chi connectivity index (χ3n) is 5.37. The molecule has 3 aromatic carbocycles. The third-order valence-corrected chi connectivity index (χ3v) is 5.37. The largest absolute Gasteiger partial charge is 0.340 e. The molecule has 3 amide bonds. The van der Waals surface area contributed by atoms with Crippen LogP contribution < -0.4 is 16.0 Å². The number of carbonyl (C=O) groups excluding carboxylic acids is 3. The molecule has 0 aliphatic heterocycles. The minimum atomic E-state index is -0.752. The van der Waals surface area contributed by atoms with Crippen molar-refractivity contribution < 1.29 is 14.4 Å². The van der Waals surface area contributed by atoms with Gasteiger partial charge in [0, 0.05) is 11.3 Å². The summed E-state index contributed by atoms with van der Waals surface area (Å²) >= 11 is 0. The second-order valence-electron chi connectivity index (χ2n) is 8.37. The van der Waals surface area contributed by atoms with Gasteiger partial charge in [-0.3, -0.25) is 14.4 Å². The SMILES string of the molecule is Cc1ccc(C(=O)Nc2ccccc2C(=O)N[C@@H](C(=O)Nc2ccccc2C)C(C)C)cc1. The molecular formula is C27H29N3O3. The monoisotopic (exact) mass is 443 g/mol. The van der Waals surface area contributed by atoms with Gasteiger partial charge in [-0.05, 0) is 55.7 Å². The number of nitrogens with one attached hydrogen (secondary N) is 3. The Balaban J connectivity index is 1.76. The fourth-order valence-corrected chi connectivity index (χ4v) is 3.37. The first-order chi connectivity index (χ1) is 15.8. The number of anilines is 2. The molecule has 3 rings (SSSR count). The molecular weight excluding hydrogens is 414 g/mol. The summed E-state index contributed by atoms with van der Waals surface area (Å²) in [6, 6.07) is 20.6. The summed E-state index contributed by atoms with van der Waals surface area (Å²) in [5, 5.41) is 8.53. The molecule has 33 heavy (non-hydrogen) atoms. The van der Waals surface area contributed by atoms with Crippen molar-refractivity contribution in [3.8, 4) is 0 Å². The van der Waals surface area contributed by atoms with Crippen LogP contribution in [-0.2, 0) is 4.79 Å². The van der Waals surface area contributed by atoms with Gasteiger partial charge in [0.25, 0.3) is 11.8 Å². The highest BCUT2D eigenvalue weighted by molar-refractivity contribution is 6.10. The quantitative estimate of drug-likeness (QED) is 0.483. The molecule has 3 N–H and O–H groups in total. The maximum absolute atomic E-state index is 13.1. The maximum Gasteiger partial charge on any atom is 0.255 e. The van der Waals surface area contributed by atoms with Crippen molar-refractivity contribution in [1.29, 1.82) is 0 Å². The molecule has 0 aliphatic rings. The van der Waals surface area contributed by atoms with Crippen LogP contribution in [0.25, 0.3) is 0 Å². The van der Waals surface area contributed by atoms with Crippen LogP contribution in [0.3, 0.4) is 0 Å². The van der Waals surface area contributed by atoms with E-state index in [1.54, 1.807) is 36.4 Å². The molecule has 0 unspecified atom stereocenters. The minimum Gasteiger partial charge on any atom is -0.340 e. The molecule has 0 heterocycles. The number of carbonyl (C=O) groups is 3. The maximum atomic E-state index is 13.1. The van der Waals surface area contributed by atoms with Crippen LogP contribution in [0.15, 0.2) is 72.8 Å². The van der Waals surface area contributed by atoms with Crippen molar-refractivity contribution in [1.82, 2.24) is 5.32 Å². The number of hydrogen-bond donors (Lipinski definition) is 3. The summed E-state index contributed by atoms with van der Waals surface area (Å²) in [5.41, 5.74) is 3.84. The number of benzene rings is 3. The topological polar surface area (TPSA) is 87.3 Å². The third kappa shape index (κ3) is 6.07. The zero-order chi connectivity index (χ0) is 24.0. The number of amides is 3. The fourth-order valence-electron chi connectivity index (χ4n) is 3.37. The average Bonchev–Trinajstić information content (AvgIpc) is 2.79. The molecule has 170 valence electrons. The lowest BCUT2D eigenvalue weighted by molar-refractivity contribution is -0.118. The summed E-state index contributed by atoms with van der Waals surface area (Å²) in [4.78, 5) is 38.7. The van der Waals surface area contributed by atoms with E-state index >= 15 is 0 Å². The van der Waals surface area contributed by atoms with E-state index in [0.717, 1.165) is 11.1 Å². The van der Waals surface area contributed by atoms with Gasteiger partial charge >= 0.3 is 0 Å². The fraction of sp³-hybridized carbons (Fsp3) is 0.222. The number of hydrogen-bond acceptors (Lipinski definition) is 3. The zero-order valence-electron chi connectivity index (χ0n) is 19.3. The molecule has 6 heteroatoms. The van der Waals surface area contributed by atoms with E-state index in [4.69, 9.17) is 0 Å². The summed E-state index contributed by atoms with van der Waals surface area (Å²) in [7, 11) is 0. The molecule has 0 saturated heterocycles. The normalized spacial score (nSPS) is 11.5. The Kier molecular flexibility index (Phi) is 7.61. The predicted octanol–water partition coefficient (Wildman–Crippen LogP) is 4.95. The van der Waals surface area contributed by atoms with Gasteiger partial charge in [-0.25, -0.2) is 0 Å². The lowest BCUT2D eigenvalue weighted by Crippen LogP contribution is -2.47. The Hall–Kier alpha value is -3.93. The molecule has 0 saturated carbocycles. The number of rotatable bonds is 7. The highest BCUT2D eigenvalue weighted by Crippen LogP contribution is 2.19.